The minimum atomic E-state index is -4.65. The number of halogens is 3. The monoisotopic (exact) mass is 201 g/mol. The summed E-state index contributed by atoms with van der Waals surface area (Å²) in [5, 5.41) is 19.3. The molecule has 0 amide bonds. The summed E-state index contributed by atoms with van der Waals surface area (Å²) in [6.45, 7) is 1.26. The summed E-state index contributed by atoms with van der Waals surface area (Å²) in [6.07, 6.45) is -4.65. The molecule has 0 aliphatic carbocycles. The number of hydrogen-bond acceptors (Lipinski definition) is 3. The molecule has 0 unspecified atom stereocenters. The highest BCUT2D eigenvalue weighted by Gasteiger charge is 2.32. The van der Waals surface area contributed by atoms with Crippen LogP contribution in [-0.4, -0.2) is 4.98 Å². The van der Waals surface area contributed by atoms with Crippen molar-refractivity contribution in [3.05, 3.63) is 22.9 Å². The normalized spacial score (nSPS) is 11.1. The smallest absolute Gasteiger partial charge is 0.433 e. The van der Waals surface area contributed by atoms with Gasteiger partial charge in [0.1, 0.15) is 11.8 Å². The first-order valence-corrected chi connectivity index (χ1v) is 3.52. The van der Waals surface area contributed by atoms with Crippen LogP contribution in [-0.2, 0) is 6.18 Å². The van der Waals surface area contributed by atoms with Crippen LogP contribution in [0.25, 0.3) is 0 Å². The van der Waals surface area contributed by atoms with E-state index in [1.807, 2.05) is 0 Å². The summed E-state index contributed by atoms with van der Waals surface area (Å²) < 4.78 is 36.3. The summed E-state index contributed by atoms with van der Waals surface area (Å²) in [5.41, 5.74) is -1.63. The van der Waals surface area contributed by atoms with Crippen molar-refractivity contribution in [1.29, 1.82) is 5.26 Å². The molecule has 0 radical (unpaired) electrons. The first-order chi connectivity index (χ1) is 6.36. The van der Waals surface area contributed by atoms with Crippen molar-refractivity contribution in [3.63, 3.8) is 0 Å². The summed E-state index contributed by atoms with van der Waals surface area (Å²) >= 11 is 0. The van der Waals surface area contributed by atoms with Crippen molar-refractivity contribution >= 4 is 0 Å². The Kier molecular flexibility index (Phi) is 2.34. The number of nitrogens with zero attached hydrogens (tertiary/aromatic N) is 2. The molecule has 74 valence electrons. The maximum atomic E-state index is 12.1. The Morgan fingerprint density at radius 1 is 1.50 bits per heavy atom. The zero-order valence-corrected chi connectivity index (χ0v) is 7.01. The van der Waals surface area contributed by atoms with Gasteiger partial charge >= 0.3 is 6.18 Å². The van der Waals surface area contributed by atoms with Gasteiger partial charge in [0.25, 0.3) is 0 Å². The van der Waals surface area contributed by atoms with Gasteiger partial charge in [-0.1, -0.05) is 0 Å². The van der Waals surface area contributed by atoms with Gasteiger partial charge in [0.2, 0.25) is 0 Å². The molecule has 0 spiro atoms. The second-order valence-electron chi connectivity index (χ2n) is 2.61. The maximum Gasteiger partial charge on any atom is 0.433 e. The fourth-order valence-electron chi connectivity index (χ4n) is 0.925. The van der Waals surface area contributed by atoms with E-state index in [4.69, 9.17) is 5.26 Å². The van der Waals surface area contributed by atoms with Gasteiger partial charge in [0, 0.05) is 5.88 Å². The third-order valence-electron chi connectivity index (χ3n) is 1.59. The fraction of sp³-hybridized carbons (Fsp3) is 0.250. The predicted octanol–water partition coefficient (Wildman–Crippen LogP) is 1.35. The van der Waals surface area contributed by atoms with Gasteiger partial charge in [0.15, 0.2) is 0 Å². The first-order valence-electron chi connectivity index (χ1n) is 3.52. The van der Waals surface area contributed by atoms with Gasteiger partial charge in [-0.15, -0.1) is 0 Å². The molecule has 3 nitrogen and oxygen atoms in total. The Labute approximate surface area is 77.4 Å². The molecule has 1 aromatic heterocycles. The number of aryl methyl sites for hydroxylation is 1. The molecular weight excluding hydrogens is 197 g/mol. The molecule has 0 aromatic carbocycles. The average molecular weight is 201 g/mol. The van der Waals surface area contributed by atoms with E-state index in [9.17, 15) is 18.3 Å². The van der Waals surface area contributed by atoms with Crippen LogP contribution in [0.4, 0.5) is 13.2 Å². The Balaban J connectivity index is 3.37. The minimum Gasteiger partial charge on any atom is -0.858 e. The predicted molar refractivity (Wildman–Crippen MR) is 38.1 cm³/mol. The van der Waals surface area contributed by atoms with E-state index in [-0.39, 0.29) is 11.1 Å². The molecule has 6 heteroatoms. The quantitative estimate of drug-likeness (QED) is 0.636. The van der Waals surface area contributed by atoms with Crippen LogP contribution in [0.1, 0.15) is 16.8 Å². The van der Waals surface area contributed by atoms with E-state index < -0.39 is 17.8 Å². The van der Waals surface area contributed by atoms with Gasteiger partial charge in [-0.05, 0) is 18.6 Å². The molecule has 0 saturated heterocycles. The van der Waals surface area contributed by atoms with Gasteiger partial charge in [0.05, 0.1) is 5.56 Å². The van der Waals surface area contributed by atoms with Gasteiger partial charge in [-0.2, -0.15) is 18.4 Å². The highest BCUT2D eigenvalue weighted by Crippen LogP contribution is 2.30. The first kappa shape index (κ1) is 10.3. The zero-order valence-electron chi connectivity index (χ0n) is 7.01. The summed E-state index contributed by atoms with van der Waals surface area (Å²) in [6, 6.07) is 2.18. The Morgan fingerprint density at radius 2 is 2.07 bits per heavy atom. The van der Waals surface area contributed by atoms with Gasteiger partial charge in [-0.25, -0.2) is 0 Å². The average Bonchev–Trinajstić information content (AvgIpc) is 2.01. The molecule has 0 atom stereocenters. The van der Waals surface area contributed by atoms with E-state index in [1.54, 1.807) is 0 Å². The van der Waals surface area contributed by atoms with E-state index >= 15 is 0 Å². The lowest BCUT2D eigenvalue weighted by molar-refractivity contribution is -0.276. The van der Waals surface area contributed by atoms with Crippen molar-refractivity contribution in [2.24, 2.45) is 0 Å². The van der Waals surface area contributed by atoms with E-state index in [0.717, 1.165) is 0 Å². The van der Waals surface area contributed by atoms with Crippen LogP contribution < -0.4 is 5.11 Å². The largest absolute Gasteiger partial charge is 0.858 e. The van der Waals surface area contributed by atoms with Crippen molar-refractivity contribution in [2.45, 2.75) is 13.1 Å². The number of pyridine rings is 1. The van der Waals surface area contributed by atoms with E-state index in [1.165, 1.54) is 13.0 Å². The number of alkyl halides is 3. The van der Waals surface area contributed by atoms with Crippen molar-refractivity contribution in [2.75, 3.05) is 0 Å². The van der Waals surface area contributed by atoms with Crippen LogP contribution in [0, 0.1) is 18.3 Å². The molecule has 1 heterocycles. The Bertz CT molecular complexity index is 383. The third-order valence-corrected chi connectivity index (χ3v) is 1.59. The zero-order chi connectivity index (χ0) is 10.9. The molecule has 1 rings (SSSR count). The number of hydrogen-bond donors (Lipinski definition) is 0. The highest BCUT2D eigenvalue weighted by molar-refractivity contribution is 5.44. The fourth-order valence-corrected chi connectivity index (χ4v) is 0.925. The molecule has 0 N–H and O–H groups in total. The highest BCUT2D eigenvalue weighted by atomic mass is 19.4. The Morgan fingerprint density at radius 3 is 2.43 bits per heavy atom. The van der Waals surface area contributed by atoms with Crippen LogP contribution in [0.2, 0.25) is 0 Å². The number of aromatic nitrogens is 1. The molecule has 0 bridgehead atoms. The van der Waals surface area contributed by atoms with E-state index in [0.29, 0.717) is 6.07 Å². The van der Waals surface area contributed by atoms with Crippen LogP contribution in [0.3, 0.4) is 0 Å². The van der Waals surface area contributed by atoms with Crippen LogP contribution >= 0.6 is 0 Å². The summed E-state index contributed by atoms with van der Waals surface area (Å²) in [7, 11) is 0. The standard InChI is InChI=1S/C8H5F3N2O/c1-4-2-6(8(9,10)11)13-7(14)5(4)3-12/h2H,1H3,(H,13,14)/p-1. The molecule has 14 heavy (non-hydrogen) atoms. The van der Waals surface area contributed by atoms with Crippen LogP contribution in [0.5, 0.6) is 5.88 Å². The molecule has 1 aromatic rings. The van der Waals surface area contributed by atoms with Gasteiger partial charge < -0.3 is 5.11 Å². The lowest BCUT2D eigenvalue weighted by atomic mass is 10.1. The summed E-state index contributed by atoms with van der Waals surface area (Å²) in [4.78, 5) is 2.77. The van der Waals surface area contributed by atoms with Gasteiger partial charge in [-0.3, -0.25) is 4.98 Å². The number of nitriles is 1. The van der Waals surface area contributed by atoms with Crippen molar-refractivity contribution < 1.29 is 18.3 Å². The second kappa shape index (κ2) is 3.18. The molecule has 0 aliphatic heterocycles. The second-order valence-corrected chi connectivity index (χ2v) is 2.61. The molecular formula is C8H4F3N2O-. The minimum absolute atomic E-state index is 0.0141. The topological polar surface area (TPSA) is 59.7 Å². The van der Waals surface area contributed by atoms with Crippen LogP contribution in [0.15, 0.2) is 6.07 Å². The Hall–Kier alpha value is -1.77. The summed E-state index contributed by atoms with van der Waals surface area (Å²) in [5.74, 6) is -1.14. The maximum absolute atomic E-state index is 12.1. The molecule has 0 saturated carbocycles. The lowest BCUT2D eigenvalue weighted by Gasteiger charge is -2.13. The molecule has 0 fully saturated rings. The number of rotatable bonds is 0. The third kappa shape index (κ3) is 1.76. The van der Waals surface area contributed by atoms with Crippen molar-refractivity contribution in [3.8, 4) is 11.9 Å². The molecule has 0 aliphatic rings. The van der Waals surface area contributed by atoms with Crippen molar-refractivity contribution in [1.82, 2.24) is 4.98 Å². The van der Waals surface area contributed by atoms with E-state index in [2.05, 4.69) is 4.98 Å². The lowest BCUT2D eigenvalue weighted by Crippen LogP contribution is -2.12. The SMILES string of the molecule is Cc1cc(C(F)(F)F)nc([O-])c1C#N.